The predicted molar refractivity (Wildman–Crippen MR) is 105 cm³/mol. The summed E-state index contributed by atoms with van der Waals surface area (Å²) in [7, 11) is -1.55. The van der Waals surface area contributed by atoms with Gasteiger partial charge >= 0.3 is 0 Å². The number of nitrogens with zero attached hydrogens (tertiary/aromatic N) is 2. The standard InChI is InChI=1S/C18H17ClN2O3S2/c1-4-26(23,24)13-7-5-6-12(10-13)17(22)20-18-21(3)16-11(2)14(19)8-9-15(16)25-18/h5-10H,4H2,1-3H3. The number of aryl methyl sites for hydroxylation is 2. The molecule has 0 saturated heterocycles. The first-order valence-corrected chi connectivity index (χ1v) is 10.8. The zero-order valence-corrected chi connectivity index (χ0v) is 16.9. The van der Waals surface area contributed by atoms with Crippen LogP contribution in [0.5, 0.6) is 0 Å². The monoisotopic (exact) mass is 408 g/mol. The van der Waals surface area contributed by atoms with E-state index in [0.717, 1.165) is 15.8 Å². The molecule has 26 heavy (non-hydrogen) atoms. The van der Waals surface area contributed by atoms with Crippen LogP contribution in [0.3, 0.4) is 0 Å². The SMILES string of the molecule is CCS(=O)(=O)c1cccc(C(=O)N=c2sc3ccc(Cl)c(C)c3n2C)c1. The number of rotatable bonds is 3. The van der Waals surface area contributed by atoms with Crippen LogP contribution in [0.1, 0.15) is 22.8 Å². The highest BCUT2D eigenvalue weighted by Gasteiger charge is 2.15. The minimum absolute atomic E-state index is 0.0207. The minimum Gasteiger partial charge on any atom is -0.319 e. The van der Waals surface area contributed by atoms with Gasteiger partial charge in [-0.05, 0) is 42.8 Å². The summed E-state index contributed by atoms with van der Waals surface area (Å²) in [5.74, 6) is -0.503. The number of amides is 1. The third kappa shape index (κ3) is 3.34. The van der Waals surface area contributed by atoms with Crippen LogP contribution in [-0.4, -0.2) is 24.6 Å². The maximum Gasteiger partial charge on any atom is 0.279 e. The molecule has 5 nitrogen and oxygen atoms in total. The summed E-state index contributed by atoms with van der Waals surface area (Å²) in [5.41, 5.74) is 2.09. The lowest BCUT2D eigenvalue weighted by molar-refractivity contribution is 0.0997. The molecule has 1 amide bonds. The number of benzene rings is 2. The molecule has 0 aliphatic carbocycles. The number of sulfone groups is 1. The molecule has 0 spiro atoms. The first-order valence-electron chi connectivity index (χ1n) is 7.91. The van der Waals surface area contributed by atoms with E-state index < -0.39 is 15.7 Å². The Morgan fingerprint density at radius 3 is 2.69 bits per heavy atom. The van der Waals surface area contributed by atoms with Crippen molar-refractivity contribution in [2.24, 2.45) is 12.0 Å². The van der Waals surface area contributed by atoms with E-state index in [1.165, 1.54) is 23.5 Å². The number of hydrogen-bond donors (Lipinski definition) is 0. The first-order chi connectivity index (χ1) is 12.2. The average molecular weight is 409 g/mol. The lowest BCUT2D eigenvalue weighted by Crippen LogP contribution is -2.14. The number of carbonyl (C=O) groups excluding carboxylic acids is 1. The summed E-state index contributed by atoms with van der Waals surface area (Å²) in [5, 5.41) is 0.654. The van der Waals surface area contributed by atoms with Crippen LogP contribution < -0.4 is 4.80 Å². The highest BCUT2D eigenvalue weighted by Crippen LogP contribution is 2.26. The van der Waals surface area contributed by atoms with Crippen LogP contribution in [0.25, 0.3) is 10.2 Å². The Labute approximate surface area is 160 Å². The fourth-order valence-electron chi connectivity index (χ4n) is 2.65. The van der Waals surface area contributed by atoms with Gasteiger partial charge in [0, 0.05) is 17.6 Å². The van der Waals surface area contributed by atoms with E-state index in [-0.39, 0.29) is 16.2 Å². The van der Waals surface area contributed by atoms with Gasteiger partial charge < -0.3 is 4.57 Å². The number of carbonyl (C=O) groups is 1. The minimum atomic E-state index is -3.38. The molecule has 0 aliphatic rings. The third-order valence-electron chi connectivity index (χ3n) is 4.17. The number of aromatic nitrogens is 1. The Kier molecular flexibility index (Phi) is 5.05. The second-order valence-corrected chi connectivity index (χ2v) is 9.51. The summed E-state index contributed by atoms with van der Waals surface area (Å²) in [6, 6.07) is 9.70. The molecule has 0 bridgehead atoms. The molecule has 2 aromatic carbocycles. The van der Waals surface area contributed by atoms with Crippen LogP contribution in [-0.2, 0) is 16.9 Å². The van der Waals surface area contributed by atoms with E-state index in [1.54, 1.807) is 19.1 Å². The number of hydrogen-bond acceptors (Lipinski definition) is 4. The van der Waals surface area contributed by atoms with Gasteiger partial charge in [-0.15, -0.1) is 0 Å². The summed E-state index contributed by atoms with van der Waals surface area (Å²) in [6.07, 6.45) is 0. The molecule has 0 radical (unpaired) electrons. The Morgan fingerprint density at radius 1 is 1.27 bits per heavy atom. The van der Waals surface area contributed by atoms with Gasteiger partial charge in [-0.3, -0.25) is 4.79 Å². The van der Waals surface area contributed by atoms with Crippen LogP contribution in [0, 0.1) is 6.92 Å². The molecule has 0 saturated carbocycles. The van der Waals surface area contributed by atoms with Gasteiger partial charge in [-0.1, -0.05) is 35.9 Å². The maximum absolute atomic E-state index is 12.6. The highest BCUT2D eigenvalue weighted by molar-refractivity contribution is 7.91. The van der Waals surface area contributed by atoms with Gasteiger partial charge in [-0.2, -0.15) is 4.99 Å². The number of fused-ring (bicyclic) bond motifs is 1. The van der Waals surface area contributed by atoms with Crippen molar-refractivity contribution >= 4 is 48.9 Å². The Hall–Kier alpha value is -1.96. The smallest absolute Gasteiger partial charge is 0.279 e. The molecular formula is C18H17ClN2O3S2. The van der Waals surface area contributed by atoms with Gasteiger partial charge in [0.1, 0.15) is 0 Å². The highest BCUT2D eigenvalue weighted by atomic mass is 35.5. The zero-order chi connectivity index (χ0) is 19.1. The van der Waals surface area contributed by atoms with E-state index >= 15 is 0 Å². The molecule has 0 atom stereocenters. The zero-order valence-electron chi connectivity index (χ0n) is 14.5. The predicted octanol–water partition coefficient (Wildman–Crippen LogP) is 3.74. The van der Waals surface area contributed by atoms with Gasteiger partial charge in [0.15, 0.2) is 14.6 Å². The van der Waals surface area contributed by atoms with Gasteiger partial charge in [0.2, 0.25) is 0 Å². The molecule has 0 aliphatic heterocycles. The van der Waals surface area contributed by atoms with Crippen LogP contribution in [0.2, 0.25) is 5.02 Å². The normalized spacial score (nSPS) is 12.7. The molecule has 1 aromatic heterocycles. The van der Waals surface area contributed by atoms with Crippen LogP contribution in [0.4, 0.5) is 0 Å². The van der Waals surface area contributed by atoms with Gasteiger partial charge in [0.25, 0.3) is 5.91 Å². The van der Waals surface area contributed by atoms with Crippen molar-refractivity contribution in [2.45, 2.75) is 18.7 Å². The van der Waals surface area contributed by atoms with E-state index in [9.17, 15) is 13.2 Å². The molecule has 0 N–H and O–H groups in total. The molecule has 3 aromatic rings. The molecule has 136 valence electrons. The molecule has 0 fully saturated rings. The number of thiazole rings is 1. The fraction of sp³-hybridized carbons (Fsp3) is 0.222. The molecular weight excluding hydrogens is 392 g/mol. The van der Waals surface area contributed by atoms with Crippen molar-refractivity contribution in [3.05, 3.63) is 57.3 Å². The lowest BCUT2D eigenvalue weighted by atomic mass is 10.2. The Morgan fingerprint density at radius 2 is 2.00 bits per heavy atom. The lowest BCUT2D eigenvalue weighted by Gasteiger charge is -2.03. The average Bonchev–Trinajstić information content (AvgIpc) is 2.94. The van der Waals surface area contributed by atoms with E-state index in [4.69, 9.17) is 11.6 Å². The maximum atomic E-state index is 12.6. The van der Waals surface area contributed by atoms with E-state index in [0.29, 0.717) is 9.82 Å². The summed E-state index contributed by atoms with van der Waals surface area (Å²) >= 11 is 7.56. The fourth-order valence-corrected chi connectivity index (χ4v) is 4.81. The first kappa shape index (κ1) is 18.8. The van der Waals surface area contributed by atoms with Crippen molar-refractivity contribution in [1.29, 1.82) is 0 Å². The molecule has 3 rings (SSSR count). The third-order valence-corrected chi connectivity index (χ3v) is 7.41. The van der Waals surface area contributed by atoms with Crippen molar-refractivity contribution < 1.29 is 13.2 Å². The van der Waals surface area contributed by atoms with Gasteiger partial charge in [0.05, 0.1) is 20.9 Å². The topological polar surface area (TPSA) is 68.5 Å². The second kappa shape index (κ2) is 6.98. The quantitative estimate of drug-likeness (QED) is 0.663. The Bertz CT molecular complexity index is 1190. The summed E-state index contributed by atoms with van der Waals surface area (Å²) in [6.45, 7) is 3.49. The molecule has 0 unspecified atom stereocenters. The Balaban J connectivity index is 2.11. The summed E-state index contributed by atoms with van der Waals surface area (Å²) in [4.78, 5) is 17.4. The molecule has 1 heterocycles. The van der Waals surface area contributed by atoms with Gasteiger partial charge in [-0.25, -0.2) is 8.42 Å². The molecule has 8 heteroatoms. The van der Waals surface area contributed by atoms with Crippen LogP contribution >= 0.6 is 22.9 Å². The number of halogens is 1. The summed E-state index contributed by atoms with van der Waals surface area (Å²) < 4.78 is 26.8. The van der Waals surface area contributed by atoms with E-state index in [2.05, 4.69) is 4.99 Å². The van der Waals surface area contributed by atoms with Crippen molar-refractivity contribution in [1.82, 2.24) is 4.57 Å². The van der Waals surface area contributed by atoms with Crippen molar-refractivity contribution in [2.75, 3.05) is 5.75 Å². The van der Waals surface area contributed by atoms with Crippen LogP contribution in [0.15, 0.2) is 46.3 Å². The van der Waals surface area contributed by atoms with Crippen molar-refractivity contribution in [3.8, 4) is 0 Å². The van der Waals surface area contributed by atoms with E-state index in [1.807, 2.05) is 30.7 Å². The van der Waals surface area contributed by atoms with Crippen molar-refractivity contribution in [3.63, 3.8) is 0 Å². The second-order valence-electron chi connectivity index (χ2n) is 5.81. The largest absolute Gasteiger partial charge is 0.319 e.